The van der Waals surface area contributed by atoms with E-state index in [1.54, 1.807) is 24.3 Å². The number of benzene rings is 2. The summed E-state index contributed by atoms with van der Waals surface area (Å²) in [6.07, 6.45) is 1.44. The Morgan fingerprint density at radius 3 is 2.61 bits per heavy atom. The highest BCUT2D eigenvalue weighted by Crippen LogP contribution is 2.21. The molecule has 0 radical (unpaired) electrons. The molecule has 6 heteroatoms. The van der Waals surface area contributed by atoms with Gasteiger partial charge in [-0.3, -0.25) is 0 Å². The standard InChI is InChI=1S/C17H15FN2O2S/c1-2-10-20(13-15-7-5-6-14(11-15)12-19)23(21,22)17-9-4-3-8-16(17)18/h2-9,11H,1,10,13H2. The van der Waals surface area contributed by atoms with Crippen LogP contribution in [0.5, 0.6) is 0 Å². The third-order valence-electron chi connectivity index (χ3n) is 3.20. The van der Waals surface area contributed by atoms with Crippen molar-refractivity contribution in [2.24, 2.45) is 0 Å². The van der Waals surface area contributed by atoms with Crippen molar-refractivity contribution in [2.45, 2.75) is 11.4 Å². The van der Waals surface area contributed by atoms with Gasteiger partial charge in [0.2, 0.25) is 10.0 Å². The number of hydrogen-bond donors (Lipinski definition) is 0. The van der Waals surface area contributed by atoms with Gasteiger partial charge in [0.05, 0.1) is 11.6 Å². The number of hydrogen-bond acceptors (Lipinski definition) is 3. The predicted molar refractivity (Wildman–Crippen MR) is 85.3 cm³/mol. The average Bonchev–Trinajstić information content (AvgIpc) is 2.55. The molecule has 0 aromatic heterocycles. The second kappa shape index (κ2) is 7.18. The molecule has 0 aliphatic carbocycles. The minimum absolute atomic E-state index is 0.0260. The highest BCUT2D eigenvalue weighted by atomic mass is 32.2. The summed E-state index contributed by atoms with van der Waals surface area (Å²) < 4.78 is 40.3. The van der Waals surface area contributed by atoms with Crippen LogP contribution >= 0.6 is 0 Å². The van der Waals surface area contributed by atoms with Crippen LogP contribution in [0.1, 0.15) is 11.1 Å². The van der Waals surface area contributed by atoms with Crippen LogP contribution in [0.15, 0.2) is 66.1 Å². The third kappa shape index (κ3) is 3.83. The van der Waals surface area contributed by atoms with Crippen LogP contribution in [0.25, 0.3) is 0 Å². The van der Waals surface area contributed by atoms with Crippen molar-refractivity contribution in [1.82, 2.24) is 4.31 Å². The summed E-state index contributed by atoms with van der Waals surface area (Å²) in [6.45, 7) is 3.61. The van der Waals surface area contributed by atoms with Gasteiger partial charge in [0.15, 0.2) is 0 Å². The van der Waals surface area contributed by atoms with Crippen molar-refractivity contribution in [2.75, 3.05) is 6.54 Å². The normalized spacial score (nSPS) is 11.2. The zero-order valence-corrected chi connectivity index (χ0v) is 13.1. The Labute approximate surface area is 135 Å². The Balaban J connectivity index is 2.40. The fraction of sp³-hybridized carbons (Fsp3) is 0.118. The minimum atomic E-state index is -4.01. The summed E-state index contributed by atoms with van der Waals surface area (Å²) in [5.74, 6) is -0.799. The molecule has 0 amide bonds. The van der Waals surface area contributed by atoms with Crippen LogP contribution in [0.4, 0.5) is 4.39 Å². The van der Waals surface area contributed by atoms with E-state index in [9.17, 15) is 12.8 Å². The van der Waals surface area contributed by atoms with E-state index in [-0.39, 0.29) is 18.0 Å². The van der Waals surface area contributed by atoms with Crippen LogP contribution in [-0.2, 0) is 16.6 Å². The first-order valence-corrected chi connectivity index (χ1v) is 8.27. The molecule has 2 aromatic rings. The third-order valence-corrected chi connectivity index (χ3v) is 5.05. The molecule has 23 heavy (non-hydrogen) atoms. The summed E-state index contributed by atoms with van der Waals surface area (Å²) in [7, 11) is -4.01. The molecule has 0 saturated heterocycles. The van der Waals surface area contributed by atoms with E-state index in [1.807, 2.05) is 6.07 Å². The van der Waals surface area contributed by atoms with E-state index in [0.29, 0.717) is 11.1 Å². The van der Waals surface area contributed by atoms with Crippen molar-refractivity contribution >= 4 is 10.0 Å². The van der Waals surface area contributed by atoms with Crippen molar-refractivity contribution in [3.8, 4) is 6.07 Å². The number of sulfonamides is 1. The highest BCUT2D eigenvalue weighted by Gasteiger charge is 2.26. The average molecular weight is 330 g/mol. The molecule has 0 heterocycles. The topological polar surface area (TPSA) is 61.2 Å². The fourth-order valence-electron chi connectivity index (χ4n) is 2.13. The molecule has 2 aromatic carbocycles. The van der Waals surface area contributed by atoms with Crippen LogP contribution < -0.4 is 0 Å². The molecule has 0 aliphatic rings. The second-order valence-electron chi connectivity index (χ2n) is 4.83. The van der Waals surface area contributed by atoms with Gasteiger partial charge < -0.3 is 0 Å². The van der Waals surface area contributed by atoms with E-state index in [0.717, 1.165) is 10.4 Å². The van der Waals surface area contributed by atoms with Gasteiger partial charge in [-0.05, 0) is 29.8 Å². The Kier molecular flexibility index (Phi) is 5.27. The lowest BCUT2D eigenvalue weighted by Gasteiger charge is -2.21. The monoisotopic (exact) mass is 330 g/mol. The van der Waals surface area contributed by atoms with Gasteiger partial charge in [-0.25, -0.2) is 12.8 Å². The van der Waals surface area contributed by atoms with Crippen molar-refractivity contribution < 1.29 is 12.8 Å². The van der Waals surface area contributed by atoms with Gasteiger partial charge in [0.1, 0.15) is 10.7 Å². The molecule has 0 saturated carbocycles. The lowest BCUT2D eigenvalue weighted by molar-refractivity contribution is 0.433. The quantitative estimate of drug-likeness (QED) is 0.765. The van der Waals surface area contributed by atoms with Crippen LogP contribution in [0.3, 0.4) is 0 Å². The molecule has 0 fully saturated rings. The van der Waals surface area contributed by atoms with Crippen LogP contribution in [0, 0.1) is 17.1 Å². The first-order valence-electron chi connectivity index (χ1n) is 6.83. The molecule has 0 N–H and O–H groups in total. The highest BCUT2D eigenvalue weighted by molar-refractivity contribution is 7.89. The van der Waals surface area contributed by atoms with E-state index in [2.05, 4.69) is 6.58 Å². The zero-order valence-electron chi connectivity index (χ0n) is 12.3. The summed E-state index contributed by atoms with van der Waals surface area (Å²) in [5.41, 5.74) is 1.08. The lowest BCUT2D eigenvalue weighted by atomic mass is 10.1. The van der Waals surface area contributed by atoms with Gasteiger partial charge in [0.25, 0.3) is 0 Å². The lowest BCUT2D eigenvalue weighted by Crippen LogP contribution is -2.31. The number of nitrogens with zero attached hydrogens (tertiary/aromatic N) is 2. The SMILES string of the molecule is C=CCN(Cc1cccc(C#N)c1)S(=O)(=O)c1ccccc1F. The minimum Gasteiger partial charge on any atom is -0.207 e. The summed E-state index contributed by atoms with van der Waals surface area (Å²) in [4.78, 5) is -0.377. The number of halogens is 1. The Bertz CT molecular complexity index is 857. The van der Waals surface area contributed by atoms with E-state index >= 15 is 0 Å². The predicted octanol–water partition coefficient (Wildman–Crippen LogP) is 3.07. The summed E-state index contributed by atoms with van der Waals surface area (Å²) >= 11 is 0. The maximum atomic E-state index is 13.9. The molecule has 0 atom stereocenters. The van der Waals surface area contributed by atoms with Crippen molar-refractivity contribution in [1.29, 1.82) is 5.26 Å². The summed E-state index contributed by atoms with van der Waals surface area (Å²) in [6, 6.07) is 13.9. The Hall–Kier alpha value is -2.49. The first kappa shape index (κ1) is 16.9. The van der Waals surface area contributed by atoms with Gasteiger partial charge in [-0.1, -0.05) is 30.3 Å². The second-order valence-corrected chi connectivity index (χ2v) is 6.74. The van der Waals surface area contributed by atoms with Crippen molar-refractivity contribution in [3.05, 3.63) is 78.1 Å². The molecular formula is C17H15FN2O2S. The fourth-order valence-corrected chi connectivity index (χ4v) is 3.59. The summed E-state index contributed by atoms with van der Waals surface area (Å²) in [5, 5.41) is 8.93. The first-order chi connectivity index (χ1) is 11.0. The number of nitriles is 1. The van der Waals surface area contributed by atoms with Crippen LogP contribution in [-0.4, -0.2) is 19.3 Å². The molecule has 0 spiro atoms. The van der Waals surface area contributed by atoms with E-state index in [4.69, 9.17) is 5.26 Å². The van der Waals surface area contributed by atoms with Gasteiger partial charge in [0, 0.05) is 13.1 Å². The van der Waals surface area contributed by atoms with Gasteiger partial charge in [-0.2, -0.15) is 9.57 Å². The smallest absolute Gasteiger partial charge is 0.207 e. The van der Waals surface area contributed by atoms with Gasteiger partial charge >= 0.3 is 0 Å². The number of rotatable bonds is 6. The zero-order chi connectivity index (χ0) is 16.9. The maximum absolute atomic E-state index is 13.9. The van der Waals surface area contributed by atoms with E-state index in [1.165, 1.54) is 24.3 Å². The van der Waals surface area contributed by atoms with Gasteiger partial charge in [-0.15, -0.1) is 6.58 Å². The maximum Gasteiger partial charge on any atom is 0.246 e. The molecular weight excluding hydrogens is 315 g/mol. The molecule has 2 rings (SSSR count). The van der Waals surface area contributed by atoms with Crippen molar-refractivity contribution in [3.63, 3.8) is 0 Å². The largest absolute Gasteiger partial charge is 0.246 e. The molecule has 4 nitrogen and oxygen atoms in total. The molecule has 0 bridgehead atoms. The van der Waals surface area contributed by atoms with Crippen LogP contribution in [0.2, 0.25) is 0 Å². The molecule has 0 unspecified atom stereocenters. The van der Waals surface area contributed by atoms with E-state index < -0.39 is 15.8 Å². The molecule has 118 valence electrons. The Morgan fingerprint density at radius 2 is 1.96 bits per heavy atom. The molecule has 0 aliphatic heterocycles. The Morgan fingerprint density at radius 1 is 1.22 bits per heavy atom.